The molecule has 4 heterocycles. The number of rotatable bonds is 24. The summed E-state index contributed by atoms with van der Waals surface area (Å²) in [6, 6.07) is 62.2. The number of urea groups is 2. The molecular formula is C107H128N14O17S4. The monoisotopic (exact) mass is 2010 g/mol. The summed E-state index contributed by atoms with van der Waals surface area (Å²) in [6.45, 7) is 21.9. The third kappa shape index (κ3) is 26.3. The van der Waals surface area contributed by atoms with Gasteiger partial charge in [-0.25, -0.2) is 66.9 Å². The van der Waals surface area contributed by atoms with Crippen molar-refractivity contribution in [3.63, 3.8) is 0 Å². The van der Waals surface area contributed by atoms with Crippen molar-refractivity contribution in [1.82, 2.24) is 48.7 Å². The maximum atomic E-state index is 13.6. The van der Waals surface area contributed by atoms with Gasteiger partial charge in [0.2, 0.25) is 46.0 Å². The Morgan fingerprint density at radius 2 is 0.782 bits per heavy atom. The van der Waals surface area contributed by atoms with Crippen molar-refractivity contribution in [3.8, 4) is 0 Å². The van der Waals surface area contributed by atoms with E-state index in [1.54, 1.807) is 151 Å². The largest absolute Gasteiger partial charge is 0.450 e. The first kappa shape index (κ1) is 106. The summed E-state index contributed by atoms with van der Waals surface area (Å²) in [6.07, 6.45) is 7.56. The molecule has 0 unspecified atom stereocenters. The van der Waals surface area contributed by atoms with Crippen molar-refractivity contribution < 1.29 is 76.8 Å². The van der Waals surface area contributed by atoms with Gasteiger partial charge in [-0.3, -0.25) is 24.0 Å². The zero-order valence-electron chi connectivity index (χ0n) is 82.1. The normalized spacial score (nSPS) is 16.1. The van der Waals surface area contributed by atoms with Gasteiger partial charge in [0, 0.05) is 170 Å². The fourth-order valence-corrected chi connectivity index (χ4v) is 25.2. The summed E-state index contributed by atoms with van der Waals surface area (Å²) >= 11 is 0. The van der Waals surface area contributed by atoms with E-state index in [1.165, 1.54) is 23.1 Å². The molecule has 0 bridgehead atoms. The van der Waals surface area contributed by atoms with E-state index in [9.17, 15) is 72.0 Å². The number of carbonyl (C=O) groups is 8. The lowest BCUT2D eigenvalue weighted by atomic mass is 9.87. The van der Waals surface area contributed by atoms with Crippen LogP contribution in [0.1, 0.15) is 174 Å². The number of carbonyl (C=O) groups excluding carboxylic acids is 8. The molecule has 10 amide bonds. The lowest BCUT2D eigenvalue weighted by molar-refractivity contribution is -0.132. The van der Waals surface area contributed by atoms with Crippen LogP contribution < -0.4 is 45.5 Å². The first-order valence-electron chi connectivity index (χ1n) is 48.3. The number of piperidine rings is 4. The second kappa shape index (κ2) is 47.7. The Morgan fingerprint density at radius 1 is 0.380 bits per heavy atom. The number of fused-ring (bicyclic) bond motifs is 4. The molecule has 0 radical (unpaired) electrons. The first-order chi connectivity index (χ1) is 67.9. The molecule has 5 aliphatic rings. The van der Waals surface area contributed by atoms with Crippen LogP contribution >= 0.6 is 0 Å². The molecule has 11 aromatic rings. The zero-order chi connectivity index (χ0) is 102. The molecule has 0 aromatic heterocycles. The van der Waals surface area contributed by atoms with Gasteiger partial charge in [0.05, 0.1) is 26.2 Å². The van der Waals surface area contributed by atoms with Crippen LogP contribution in [0.25, 0.3) is 32.3 Å². The first-order valence-corrected chi connectivity index (χ1v) is 54.3. The molecule has 0 spiro atoms. The SMILES string of the molecule is CCCC(=O)N1CCC(NS(=O)(=O)c2ccc(C(=O)Nc3cccc(C)c3)c3ccccc23)CC1.CCNC(=O)N1CCC(NS(=O)(=O)c2ccc(NC(=O)c3ccccc3C)c3c2CCCC3)CC1.CCOC(=O)N1C[C@H](C)C(NS(=O)(=O)c2ccc(NC(=O)c3ccccc3C)c3ccccc23)[C@@H](C)C1.Cc1ccccc1NC(=O)c1ccc(S(=O)(=O)NC2CCN(C(=O)N(C)C)CC2)c2ccccc12. The molecule has 1 aliphatic carbocycles. The Hall–Kier alpha value is -13.0. The molecular weight excluding hydrogens is 1880 g/mol. The van der Waals surface area contributed by atoms with Gasteiger partial charge in [0.15, 0.2) is 0 Å². The molecule has 4 fully saturated rings. The number of aryl methyl sites for hydroxylation is 4. The van der Waals surface area contributed by atoms with Gasteiger partial charge in [-0.1, -0.05) is 160 Å². The Bertz CT molecular complexity index is 6970. The number of hydrogen-bond acceptors (Lipinski definition) is 17. The van der Waals surface area contributed by atoms with Crippen LogP contribution in [0, 0.1) is 39.5 Å². The minimum atomic E-state index is -3.90. The standard InChI is InChI=1S/C28H33N3O5S.C27H31N3O4S.C26H30N4O4S.C26H34N4O4S/c1-5-36-28(33)31-16-19(3)26(20(4)17-31)30-37(34,35)25-15-14-24(22-12-8-9-13-23(22)25)29-27(32)21-11-7-6-10-18(21)2;1-3-7-26(31)30-16-14-20(15-17-30)29-35(33,34)25-13-12-24(22-10-4-5-11-23(22)25)27(32)28-21-9-6-8-19(2)18-21;1-18-8-4-7-11-23(18)27-25(31)22-12-13-24(21-10-6-5-9-20(21)22)35(33,34)28-19-14-16-30(17-15-19)26(32)29(2)3;1-3-27-26(32)30-16-14-19(15-17-30)29-35(33,34)24-13-12-23(21-10-6-7-11-22(21)24)28-25(31)20-9-5-4-8-18(20)2/h6-15,19-20,26,30H,5,16-17H2,1-4H3,(H,29,32);4-6,8-13,18,20,29H,3,7,14-17H2,1-2H3,(H,28,32);4-13,19,28H,14-17H2,1-3H3,(H,27,31);4-5,8-9,12-13,19,29H,3,6-7,10-11,14-17H2,1-2H3,(H,27,32)(H,28,31)/t19-,20-;;;/m0.../s1. The molecule has 752 valence electrons. The minimum Gasteiger partial charge on any atom is -0.450 e. The average Bonchev–Trinajstić information content (AvgIpc) is 0.773. The van der Waals surface area contributed by atoms with Crippen molar-refractivity contribution in [2.45, 2.75) is 183 Å². The van der Waals surface area contributed by atoms with Crippen LogP contribution in [0.3, 0.4) is 0 Å². The highest BCUT2D eigenvalue weighted by Crippen LogP contribution is 2.38. The second-order valence-corrected chi connectivity index (χ2v) is 43.6. The third-order valence-corrected chi connectivity index (χ3v) is 32.6. The van der Waals surface area contributed by atoms with Gasteiger partial charge in [-0.15, -0.1) is 0 Å². The van der Waals surface area contributed by atoms with E-state index in [-0.39, 0.29) is 98.4 Å². The van der Waals surface area contributed by atoms with Crippen LogP contribution in [0.15, 0.2) is 238 Å². The van der Waals surface area contributed by atoms with Crippen LogP contribution in [0.4, 0.5) is 37.1 Å². The minimum absolute atomic E-state index is 0.0723. The van der Waals surface area contributed by atoms with Crippen molar-refractivity contribution >= 4 is 143 Å². The smallest absolute Gasteiger partial charge is 0.409 e. The van der Waals surface area contributed by atoms with Crippen molar-refractivity contribution in [3.05, 3.63) is 274 Å². The zero-order valence-corrected chi connectivity index (χ0v) is 85.4. The maximum absolute atomic E-state index is 13.6. The summed E-state index contributed by atoms with van der Waals surface area (Å²) in [5.41, 5.74) is 9.99. The molecule has 2 atom stereocenters. The highest BCUT2D eigenvalue weighted by Gasteiger charge is 2.40. The summed E-state index contributed by atoms with van der Waals surface area (Å²) in [5.74, 6) is -1.14. The number of sulfonamides is 4. The average molecular weight is 2010 g/mol. The van der Waals surface area contributed by atoms with Gasteiger partial charge in [0.25, 0.3) is 23.6 Å². The molecule has 9 N–H and O–H groups in total. The van der Waals surface area contributed by atoms with E-state index in [0.717, 1.165) is 59.1 Å². The molecule has 31 nitrogen and oxygen atoms in total. The lowest BCUT2D eigenvalue weighted by Gasteiger charge is -2.40. The van der Waals surface area contributed by atoms with Gasteiger partial charge in [-0.2, -0.15) is 0 Å². The summed E-state index contributed by atoms with van der Waals surface area (Å²) in [7, 11) is -11.9. The van der Waals surface area contributed by atoms with Gasteiger partial charge in [0.1, 0.15) is 0 Å². The van der Waals surface area contributed by atoms with E-state index in [2.05, 4.69) is 45.5 Å². The number of benzene rings is 11. The number of ether oxygens (including phenoxy) is 1. The van der Waals surface area contributed by atoms with E-state index in [1.807, 2.05) is 145 Å². The second-order valence-electron chi connectivity index (χ2n) is 36.9. The molecule has 35 heteroatoms. The molecule has 11 aromatic carbocycles. The molecule has 4 saturated heterocycles. The number of amides is 10. The Labute approximate surface area is 832 Å². The van der Waals surface area contributed by atoms with Gasteiger partial charge in [-0.05, 0) is 247 Å². The number of nitrogens with zero attached hydrogens (tertiary/aromatic N) is 5. The summed E-state index contributed by atoms with van der Waals surface area (Å²) in [4.78, 5) is 110. The summed E-state index contributed by atoms with van der Waals surface area (Å²) < 4.78 is 124. The van der Waals surface area contributed by atoms with Crippen molar-refractivity contribution in [1.29, 1.82) is 0 Å². The highest BCUT2D eigenvalue weighted by molar-refractivity contribution is 7.90. The highest BCUT2D eigenvalue weighted by atomic mass is 32.2. The molecule has 16 rings (SSSR count). The lowest BCUT2D eigenvalue weighted by Crippen LogP contribution is -2.56. The van der Waals surface area contributed by atoms with E-state index >= 15 is 0 Å². The molecule has 0 saturated carbocycles. The van der Waals surface area contributed by atoms with Crippen LogP contribution in [0.5, 0.6) is 0 Å². The topological polar surface area (TPSA) is 407 Å². The number of likely N-dealkylation sites (tertiary alicyclic amines) is 4. The maximum Gasteiger partial charge on any atom is 0.409 e. The van der Waals surface area contributed by atoms with Crippen molar-refractivity contribution in [2.24, 2.45) is 11.8 Å². The van der Waals surface area contributed by atoms with E-state index in [0.29, 0.717) is 199 Å². The van der Waals surface area contributed by atoms with Crippen LogP contribution in [0.2, 0.25) is 0 Å². The Kier molecular flexibility index (Phi) is 35.7. The van der Waals surface area contributed by atoms with E-state index in [4.69, 9.17) is 4.74 Å². The quantitative estimate of drug-likeness (QED) is 0.0271. The fourth-order valence-electron chi connectivity index (χ4n) is 18.9. The fraction of sp³-hybridized carbons (Fsp3) is 0.364. The number of para-hydroxylation sites is 1. The van der Waals surface area contributed by atoms with Gasteiger partial charge >= 0.3 is 18.2 Å². The van der Waals surface area contributed by atoms with Crippen LogP contribution in [-0.4, -0.2) is 210 Å². The van der Waals surface area contributed by atoms with Crippen molar-refractivity contribution in [2.75, 3.05) is 101 Å². The van der Waals surface area contributed by atoms with Crippen LogP contribution in [-0.2, 0) is 62.5 Å². The number of anilines is 4. The number of nitrogens with one attached hydrogen (secondary N) is 9. The summed E-state index contributed by atoms with van der Waals surface area (Å²) in [5, 5.41) is 17.8. The Balaban J connectivity index is 0.000000159. The predicted octanol–water partition coefficient (Wildman–Crippen LogP) is 16.7. The molecule has 142 heavy (non-hydrogen) atoms. The third-order valence-electron chi connectivity index (χ3n) is 26.3. The van der Waals surface area contributed by atoms with E-state index < -0.39 is 40.1 Å². The van der Waals surface area contributed by atoms with Gasteiger partial charge < -0.3 is 55.8 Å². The Morgan fingerprint density at radius 3 is 1.27 bits per heavy atom. The molecule has 4 aliphatic heterocycles. The number of hydrogen-bond donors (Lipinski definition) is 9. The predicted molar refractivity (Wildman–Crippen MR) is 555 cm³/mol.